The van der Waals surface area contributed by atoms with Gasteiger partial charge in [0, 0.05) is 0 Å². The van der Waals surface area contributed by atoms with Crippen molar-refractivity contribution in [3.05, 3.63) is 0 Å². The van der Waals surface area contributed by atoms with Crippen LogP contribution >= 0.6 is 0 Å². The molecule has 0 aliphatic heterocycles. The van der Waals surface area contributed by atoms with Gasteiger partial charge >= 0.3 is 52.0 Å². The Kier molecular flexibility index (Phi) is 6.41. The summed E-state index contributed by atoms with van der Waals surface area (Å²) in [6.45, 7) is 0. The summed E-state index contributed by atoms with van der Waals surface area (Å²) >= 11 is -2.62. The van der Waals surface area contributed by atoms with Crippen LogP contribution in [0.3, 0.4) is 0 Å². The van der Waals surface area contributed by atoms with Gasteiger partial charge in [-0.15, -0.1) is 0 Å². The molecule has 0 fully saturated rings. The average molecular weight is 193 g/mol. The Hall–Kier alpha value is 1.18. The molecule has 0 rings (SSSR count). The van der Waals surface area contributed by atoms with Crippen LogP contribution in [-0.2, 0) is 52.0 Å². The van der Waals surface area contributed by atoms with E-state index in [4.69, 9.17) is 3.83 Å². The van der Waals surface area contributed by atoms with E-state index in [0.717, 1.165) is 0 Å². The summed E-state index contributed by atoms with van der Waals surface area (Å²) in [7, 11) is 0. The molecule has 0 aromatic carbocycles. The Bertz CT molecular complexity index is 36.2. The summed E-state index contributed by atoms with van der Waals surface area (Å²) < 4.78 is 22.4. The third kappa shape index (κ3) is 5.18. The summed E-state index contributed by atoms with van der Waals surface area (Å²) in [5.74, 6) is 0. The molecule has 0 atom stereocenters. The van der Waals surface area contributed by atoms with Crippen molar-refractivity contribution < 1.29 is 52.0 Å². The predicted molar refractivity (Wildman–Crippen MR) is 2.46 cm³/mol. The molecule has 0 aromatic heterocycles. The van der Waals surface area contributed by atoms with Crippen LogP contribution in [0.15, 0.2) is 0 Å². The normalized spacial score (nSPS) is 6.40. The van der Waals surface area contributed by atoms with E-state index in [1.807, 2.05) is 0 Å². The molecular weight excluding hydrogens is 193 g/mol. The van der Waals surface area contributed by atoms with E-state index >= 15 is 0 Å². The Morgan fingerprint density at radius 2 is 2.40 bits per heavy atom. The first-order valence-electron chi connectivity index (χ1n) is 0.760. The van der Waals surface area contributed by atoms with Crippen molar-refractivity contribution in [2.45, 2.75) is 0 Å². The van der Waals surface area contributed by atoms with E-state index in [0.29, 0.717) is 0 Å². The minimum absolute atomic E-state index is 0.634. The van der Waals surface area contributed by atoms with Crippen LogP contribution in [0.4, 0.5) is 0 Å². The SMILES string of the molecule is [O]=[Fe][O][Y]=[O]. The zero-order valence-electron chi connectivity index (χ0n) is 2.16. The molecule has 0 aromatic rings. The summed E-state index contributed by atoms with van der Waals surface area (Å²) in [6, 6.07) is 0. The molecule has 0 saturated heterocycles. The van der Waals surface area contributed by atoms with Crippen molar-refractivity contribution in [3.63, 3.8) is 0 Å². The molecule has 3 nitrogen and oxygen atoms in total. The standard InChI is InChI=1S/Fe.3O.Y. The van der Waals surface area contributed by atoms with E-state index in [2.05, 4.69) is 1.13 Å². The third-order valence-electron chi connectivity index (χ3n) is 0.0680. The van der Waals surface area contributed by atoms with Crippen molar-refractivity contribution in [1.29, 1.82) is 0 Å². The fourth-order valence-electron chi connectivity index (χ4n) is 0.0139. The van der Waals surface area contributed by atoms with E-state index in [-0.39, 0.29) is 0 Å². The Balaban J connectivity index is 2.65. The van der Waals surface area contributed by atoms with Gasteiger partial charge in [0.15, 0.2) is 0 Å². The van der Waals surface area contributed by atoms with Gasteiger partial charge in [-0.05, 0) is 0 Å². The van der Waals surface area contributed by atoms with Crippen molar-refractivity contribution in [2.24, 2.45) is 0 Å². The summed E-state index contributed by atoms with van der Waals surface area (Å²) in [5, 5.41) is 0. The van der Waals surface area contributed by atoms with E-state index in [1.54, 1.807) is 0 Å². The topological polar surface area (TPSA) is 43.4 Å². The van der Waals surface area contributed by atoms with Crippen LogP contribution < -0.4 is 0 Å². The zero-order chi connectivity index (χ0) is 4.12. The maximum atomic E-state index is 9.30. The molecule has 0 aliphatic rings. The number of rotatable bonds is 2. The molecular formula is FeO3Y. The Morgan fingerprint density at radius 3 is 2.40 bits per heavy atom. The fourth-order valence-corrected chi connectivity index (χ4v) is 0.339. The van der Waals surface area contributed by atoms with E-state index in [1.165, 1.54) is 0 Å². The van der Waals surface area contributed by atoms with Gasteiger partial charge in [-0.3, -0.25) is 0 Å². The van der Waals surface area contributed by atoms with Crippen molar-refractivity contribution in [1.82, 2.24) is 0 Å². The monoisotopic (exact) mass is 193 g/mol. The van der Waals surface area contributed by atoms with Gasteiger partial charge in [-0.1, -0.05) is 0 Å². The first-order chi connectivity index (χ1) is 2.41. The van der Waals surface area contributed by atoms with Crippen LogP contribution in [0.1, 0.15) is 0 Å². The Morgan fingerprint density at radius 1 is 1.80 bits per heavy atom. The molecule has 0 amide bonds. The number of hydrogen-bond acceptors (Lipinski definition) is 3. The molecule has 0 aliphatic carbocycles. The summed E-state index contributed by atoms with van der Waals surface area (Å²) in [5.41, 5.74) is 0. The molecule has 0 unspecified atom stereocenters. The van der Waals surface area contributed by atoms with E-state index < -0.39 is 45.0 Å². The van der Waals surface area contributed by atoms with E-state index in [9.17, 15) is 2.04 Å². The van der Waals surface area contributed by atoms with Gasteiger partial charge in [-0.25, -0.2) is 0 Å². The van der Waals surface area contributed by atoms with Crippen LogP contribution in [0.2, 0.25) is 0 Å². The van der Waals surface area contributed by atoms with Crippen molar-refractivity contribution >= 4 is 0 Å². The second kappa shape index (κ2) is 5.18. The summed E-state index contributed by atoms with van der Waals surface area (Å²) in [6.07, 6.45) is 0. The van der Waals surface area contributed by atoms with Gasteiger partial charge in [0.1, 0.15) is 0 Å². The number of hydrogen-bond donors (Lipinski definition) is 0. The molecule has 0 bridgehead atoms. The zero-order valence-corrected chi connectivity index (χ0v) is 6.10. The van der Waals surface area contributed by atoms with Crippen molar-refractivity contribution in [2.75, 3.05) is 0 Å². The third-order valence-corrected chi connectivity index (χ3v) is 1.66. The van der Waals surface area contributed by atoms with Crippen LogP contribution in [-0.4, -0.2) is 0 Å². The molecule has 5 heteroatoms. The molecule has 0 radical (unpaired) electrons. The van der Waals surface area contributed by atoms with Gasteiger partial charge in [0.05, 0.1) is 0 Å². The maximum absolute atomic E-state index is 9.30. The second-order valence-corrected chi connectivity index (χ2v) is 2.84. The molecule has 0 N–H and O–H groups in total. The first kappa shape index (κ1) is 6.18. The second-order valence-electron chi connectivity index (χ2n) is 0.238. The quantitative estimate of drug-likeness (QED) is 0.564. The molecule has 0 heterocycles. The van der Waals surface area contributed by atoms with Crippen LogP contribution in [0.5, 0.6) is 0 Å². The van der Waals surface area contributed by atoms with Crippen LogP contribution in [0.25, 0.3) is 0 Å². The molecule has 0 saturated carbocycles. The minimum atomic E-state index is -1.99. The van der Waals surface area contributed by atoms with Crippen LogP contribution in [0, 0.1) is 0 Å². The van der Waals surface area contributed by atoms with Gasteiger partial charge in [0.2, 0.25) is 0 Å². The molecule has 0 spiro atoms. The molecule has 5 heavy (non-hydrogen) atoms. The average Bonchev–Trinajstić information content (AvgIpc) is 1.41. The van der Waals surface area contributed by atoms with Gasteiger partial charge < -0.3 is 0 Å². The fraction of sp³-hybridized carbons (Fsp3) is 0. The first-order valence-corrected chi connectivity index (χ1v) is 3.98. The summed E-state index contributed by atoms with van der Waals surface area (Å²) in [4.78, 5) is 0. The molecule has 29 valence electrons. The van der Waals surface area contributed by atoms with Crippen molar-refractivity contribution in [3.8, 4) is 0 Å². The van der Waals surface area contributed by atoms with Gasteiger partial charge in [0.25, 0.3) is 0 Å². The van der Waals surface area contributed by atoms with Gasteiger partial charge in [-0.2, -0.15) is 0 Å². The Labute approximate surface area is 51.6 Å². The predicted octanol–water partition coefficient (Wildman–Crippen LogP) is -0.311.